The molecule has 0 bridgehead atoms. The Labute approximate surface area is 152 Å². The number of pyridine rings is 1. The van der Waals surface area contributed by atoms with E-state index >= 15 is 0 Å². The number of nitrogens with zero attached hydrogens (tertiary/aromatic N) is 2. The first-order valence-electron chi connectivity index (χ1n) is 8.04. The Balaban J connectivity index is 2.46. The first-order valence-corrected chi connectivity index (χ1v) is 8.04. The van der Waals surface area contributed by atoms with E-state index in [0.29, 0.717) is 23.5 Å². The molecule has 6 heteroatoms. The normalized spacial score (nSPS) is 10.5. The van der Waals surface area contributed by atoms with E-state index < -0.39 is 5.91 Å². The summed E-state index contributed by atoms with van der Waals surface area (Å²) in [4.78, 5) is 28.7. The van der Waals surface area contributed by atoms with E-state index in [-0.39, 0.29) is 11.1 Å². The molecule has 1 aromatic heterocycles. The number of benzene rings is 1. The number of carbonyl (C=O) groups is 1. The molecule has 2 rings (SSSR count). The Morgan fingerprint density at radius 1 is 1.27 bits per heavy atom. The highest BCUT2D eigenvalue weighted by atomic mass is 16.2. The number of rotatable bonds is 7. The van der Waals surface area contributed by atoms with Crippen LogP contribution in [0, 0.1) is 0 Å². The average molecular weight is 350 g/mol. The fourth-order valence-corrected chi connectivity index (χ4v) is 2.45. The fourth-order valence-electron chi connectivity index (χ4n) is 2.45. The van der Waals surface area contributed by atoms with Crippen LogP contribution in [0.1, 0.15) is 21.5 Å². The second-order valence-corrected chi connectivity index (χ2v) is 5.66. The summed E-state index contributed by atoms with van der Waals surface area (Å²) in [6.07, 6.45) is 3.23. The van der Waals surface area contributed by atoms with Crippen molar-refractivity contribution in [2.24, 2.45) is 4.99 Å². The number of nitrogens with one attached hydrogen (secondary N) is 2. The summed E-state index contributed by atoms with van der Waals surface area (Å²) in [6.45, 7) is 8.14. The number of aromatic nitrogens is 1. The molecule has 6 nitrogen and oxygen atoms in total. The van der Waals surface area contributed by atoms with E-state index in [4.69, 9.17) is 0 Å². The fraction of sp³-hybridized carbons (Fsp3) is 0.150. The van der Waals surface area contributed by atoms with Crippen LogP contribution >= 0.6 is 0 Å². The standard InChI is InChI=1S/C20H22N4O2/c1-14(11-21-3)23-15(2)17-10-18(19(25)22-4)20(26)24(13-17)12-16-8-6-5-7-9-16/h5-11,13,23H,1-2,12H2,3-4H3,(H,22,25)/b21-11-. The van der Waals surface area contributed by atoms with Gasteiger partial charge < -0.3 is 15.2 Å². The van der Waals surface area contributed by atoms with E-state index in [1.54, 1.807) is 19.5 Å². The summed E-state index contributed by atoms with van der Waals surface area (Å²) < 4.78 is 1.50. The van der Waals surface area contributed by atoms with Crippen LogP contribution in [0.2, 0.25) is 0 Å². The van der Waals surface area contributed by atoms with Crippen molar-refractivity contribution < 1.29 is 4.79 Å². The van der Waals surface area contributed by atoms with Crippen molar-refractivity contribution in [1.82, 2.24) is 15.2 Å². The molecule has 2 N–H and O–H groups in total. The van der Waals surface area contributed by atoms with Crippen molar-refractivity contribution in [1.29, 1.82) is 0 Å². The van der Waals surface area contributed by atoms with Crippen LogP contribution in [-0.2, 0) is 6.54 Å². The van der Waals surface area contributed by atoms with Gasteiger partial charge >= 0.3 is 0 Å². The molecular weight excluding hydrogens is 328 g/mol. The van der Waals surface area contributed by atoms with E-state index in [2.05, 4.69) is 28.8 Å². The Kier molecular flexibility index (Phi) is 6.27. The van der Waals surface area contributed by atoms with Crippen molar-refractivity contribution >= 4 is 17.8 Å². The summed E-state index contributed by atoms with van der Waals surface area (Å²) in [5, 5.41) is 5.51. The number of hydrogen-bond donors (Lipinski definition) is 2. The quantitative estimate of drug-likeness (QED) is 0.750. The highest BCUT2D eigenvalue weighted by molar-refractivity contribution is 5.94. The first-order chi connectivity index (χ1) is 12.5. The van der Waals surface area contributed by atoms with Gasteiger partial charge in [0.15, 0.2) is 0 Å². The average Bonchev–Trinajstić information content (AvgIpc) is 2.63. The molecule has 26 heavy (non-hydrogen) atoms. The van der Waals surface area contributed by atoms with Crippen LogP contribution in [0.15, 0.2) is 71.2 Å². The Morgan fingerprint density at radius 2 is 1.96 bits per heavy atom. The van der Waals surface area contributed by atoms with Crippen molar-refractivity contribution in [2.75, 3.05) is 14.1 Å². The van der Waals surface area contributed by atoms with E-state index in [0.717, 1.165) is 5.56 Å². The zero-order valence-corrected chi connectivity index (χ0v) is 15.0. The van der Waals surface area contributed by atoms with Crippen LogP contribution in [0.25, 0.3) is 5.70 Å². The molecule has 0 radical (unpaired) electrons. The molecule has 0 saturated heterocycles. The third-order valence-electron chi connectivity index (χ3n) is 3.70. The SMILES string of the molecule is C=C(/C=N\C)NC(=C)c1cc(C(=O)NC)c(=O)n(Cc2ccccc2)c1. The predicted octanol–water partition coefficient (Wildman–Crippen LogP) is 2.03. The predicted molar refractivity (Wildman–Crippen MR) is 105 cm³/mol. The molecule has 0 saturated carbocycles. The van der Waals surface area contributed by atoms with Crippen LogP contribution in [0.4, 0.5) is 0 Å². The van der Waals surface area contributed by atoms with E-state index in [1.807, 2.05) is 30.3 Å². The molecule has 134 valence electrons. The number of allylic oxidation sites excluding steroid dienone is 1. The topological polar surface area (TPSA) is 75.5 Å². The van der Waals surface area contributed by atoms with Gasteiger partial charge in [0.2, 0.25) is 0 Å². The molecular formula is C20H22N4O2. The summed E-state index contributed by atoms with van der Waals surface area (Å²) >= 11 is 0. The third kappa shape index (κ3) is 4.57. The third-order valence-corrected chi connectivity index (χ3v) is 3.70. The number of aliphatic imine (C=N–C) groups is 1. The smallest absolute Gasteiger partial charge is 0.263 e. The molecule has 1 heterocycles. The molecule has 0 aliphatic rings. The van der Waals surface area contributed by atoms with E-state index in [1.165, 1.54) is 17.7 Å². The van der Waals surface area contributed by atoms with Crippen LogP contribution in [-0.4, -0.2) is 30.8 Å². The minimum atomic E-state index is -0.444. The van der Waals surface area contributed by atoms with Crippen molar-refractivity contribution in [3.63, 3.8) is 0 Å². The highest BCUT2D eigenvalue weighted by Crippen LogP contribution is 2.12. The summed E-state index contributed by atoms with van der Waals surface area (Å²) in [5.74, 6) is -0.444. The minimum absolute atomic E-state index is 0.0543. The maximum Gasteiger partial charge on any atom is 0.263 e. The molecule has 0 aliphatic carbocycles. The monoisotopic (exact) mass is 350 g/mol. The van der Waals surface area contributed by atoms with Gasteiger partial charge in [-0.25, -0.2) is 0 Å². The largest absolute Gasteiger partial charge is 0.355 e. The highest BCUT2D eigenvalue weighted by Gasteiger charge is 2.15. The molecule has 0 unspecified atom stereocenters. The molecule has 1 amide bonds. The maximum atomic E-state index is 12.7. The van der Waals surface area contributed by atoms with Gasteiger partial charge in [-0.15, -0.1) is 0 Å². The molecule has 1 aromatic carbocycles. The maximum absolute atomic E-state index is 12.7. The van der Waals surface area contributed by atoms with Gasteiger partial charge in [0.1, 0.15) is 5.56 Å². The number of amides is 1. The van der Waals surface area contributed by atoms with Gasteiger partial charge in [-0.1, -0.05) is 43.5 Å². The van der Waals surface area contributed by atoms with Gasteiger partial charge in [-0.3, -0.25) is 14.6 Å². The molecule has 0 atom stereocenters. The molecule has 0 aliphatic heterocycles. The lowest BCUT2D eigenvalue weighted by Crippen LogP contribution is -2.32. The van der Waals surface area contributed by atoms with Crippen molar-refractivity contribution in [3.8, 4) is 0 Å². The van der Waals surface area contributed by atoms with Crippen LogP contribution in [0.3, 0.4) is 0 Å². The van der Waals surface area contributed by atoms with Gasteiger partial charge in [0.05, 0.1) is 6.54 Å². The first kappa shape index (κ1) is 18.9. The van der Waals surface area contributed by atoms with Gasteiger partial charge in [-0.2, -0.15) is 0 Å². The minimum Gasteiger partial charge on any atom is -0.355 e. The zero-order chi connectivity index (χ0) is 19.1. The second-order valence-electron chi connectivity index (χ2n) is 5.66. The Hall–Kier alpha value is -3.41. The van der Waals surface area contributed by atoms with Gasteiger partial charge in [-0.05, 0) is 11.6 Å². The zero-order valence-electron chi connectivity index (χ0n) is 15.0. The van der Waals surface area contributed by atoms with Crippen LogP contribution < -0.4 is 16.2 Å². The number of hydrogen-bond acceptors (Lipinski definition) is 4. The molecule has 0 fully saturated rings. The van der Waals surface area contributed by atoms with E-state index in [9.17, 15) is 9.59 Å². The number of carbonyl (C=O) groups excluding carboxylic acids is 1. The molecule has 0 spiro atoms. The second kappa shape index (κ2) is 8.62. The summed E-state index contributed by atoms with van der Waals surface area (Å²) in [5.41, 5.74) is 2.33. The summed E-state index contributed by atoms with van der Waals surface area (Å²) in [6, 6.07) is 11.1. The Morgan fingerprint density at radius 3 is 2.58 bits per heavy atom. The van der Waals surface area contributed by atoms with Crippen molar-refractivity contribution in [3.05, 3.63) is 88.5 Å². The van der Waals surface area contributed by atoms with Gasteiger partial charge in [0, 0.05) is 43.5 Å². The van der Waals surface area contributed by atoms with Crippen LogP contribution in [0.5, 0.6) is 0 Å². The van der Waals surface area contributed by atoms with Gasteiger partial charge in [0.25, 0.3) is 11.5 Å². The molecule has 2 aromatic rings. The lowest BCUT2D eigenvalue weighted by Gasteiger charge is -2.14. The van der Waals surface area contributed by atoms with Crippen molar-refractivity contribution in [2.45, 2.75) is 6.54 Å². The summed E-state index contributed by atoms with van der Waals surface area (Å²) in [7, 11) is 3.13. The Bertz CT molecular complexity index is 911. The lowest BCUT2D eigenvalue weighted by atomic mass is 10.1. The lowest BCUT2D eigenvalue weighted by molar-refractivity contribution is 0.0961.